The standard InChI is InChI=1S/C24H29N3O9/c1-12(2)21(22(29)30)25-11-17(28)26-13(3)18(23(31)35-5)20(19(14(26)4)24(32)36-6)15-9-7-8-10-16(15)27(33)34/h7-10,12,20-21,25H,11H2,1-6H3,(H,29,30)/t21-/m1/s1. The summed E-state index contributed by atoms with van der Waals surface area (Å²) in [5.74, 6) is -5.18. The maximum Gasteiger partial charge on any atom is 0.336 e. The van der Waals surface area contributed by atoms with Crippen molar-refractivity contribution in [3.05, 3.63) is 62.5 Å². The van der Waals surface area contributed by atoms with Crippen LogP contribution in [-0.2, 0) is 28.7 Å². The molecular weight excluding hydrogens is 474 g/mol. The fourth-order valence-corrected chi connectivity index (χ4v) is 4.27. The minimum Gasteiger partial charge on any atom is -0.480 e. The monoisotopic (exact) mass is 503 g/mol. The molecule has 1 aromatic carbocycles. The molecule has 0 saturated heterocycles. The Morgan fingerprint density at radius 3 is 1.97 bits per heavy atom. The number of hydrogen-bond donors (Lipinski definition) is 2. The molecule has 1 aliphatic rings. The van der Waals surface area contributed by atoms with Crippen molar-refractivity contribution in [3.8, 4) is 0 Å². The fraction of sp³-hybridized carbons (Fsp3) is 0.417. The first-order chi connectivity index (χ1) is 16.9. The molecule has 2 N–H and O–H groups in total. The topological polar surface area (TPSA) is 165 Å². The molecule has 0 unspecified atom stereocenters. The van der Waals surface area contributed by atoms with Crippen molar-refractivity contribution in [1.82, 2.24) is 10.2 Å². The van der Waals surface area contributed by atoms with Crippen molar-refractivity contribution in [3.63, 3.8) is 0 Å². The van der Waals surface area contributed by atoms with Gasteiger partial charge in [0.1, 0.15) is 6.04 Å². The minimum absolute atomic E-state index is 0.0398. The molecule has 0 aliphatic carbocycles. The lowest BCUT2D eigenvalue weighted by Crippen LogP contribution is -2.47. The van der Waals surface area contributed by atoms with Gasteiger partial charge in [-0.1, -0.05) is 32.0 Å². The number of rotatable bonds is 9. The van der Waals surface area contributed by atoms with Gasteiger partial charge in [0, 0.05) is 23.0 Å². The summed E-state index contributed by atoms with van der Waals surface area (Å²) >= 11 is 0. The molecule has 0 spiro atoms. The highest BCUT2D eigenvalue weighted by atomic mass is 16.6. The van der Waals surface area contributed by atoms with E-state index in [2.05, 4.69) is 5.32 Å². The maximum absolute atomic E-state index is 13.3. The van der Waals surface area contributed by atoms with E-state index in [4.69, 9.17) is 9.47 Å². The van der Waals surface area contributed by atoms with Crippen LogP contribution in [0.5, 0.6) is 0 Å². The highest BCUT2D eigenvalue weighted by molar-refractivity contribution is 6.02. The van der Waals surface area contributed by atoms with Gasteiger partial charge in [-0.2, -0.15) is 0 Å². The number of ether oxygens (including phenoxy) is 2. The second kappa shape index (κ2) is 11.6. The molecule has 0 saturated carbocycles. The van der Waals surface area contributed by atoms with E-state index in [1.807, 2.05) is 0 Å². The van der Waals surface area contributed by atoms with Crippen molar-refractivity contribution < 1.29 is 38.7 Å². The number of para-hydroxylation sites is 1. The number of carbonyl (C=O) groups is 4. The molecule has 0 radical (unpaired) electrons. The second-order valence-electron chi connectivity index (χ2n) is 8.40. The Hall–Kier alpha value is -4.06. The molecule has 194 valence electrons. The van der Waals surface area contributed by atoms with Gasteiger partial charge in [-0.05, 0) is 19.8 Å². The van der Waals surface area contributed by atoms with Crippen molar-refractivity contribution in [2.75, 3.05) is 20.8 Å². The number of nitro benzene ring substituents is 1. The quantitative estimate of drug-likeness (QED) is 0.289. The number of nitrogens with one attached hydrogen (secondary N) is 1. The maximum atomic E-state index is 13.3. The Balaban J connectivity index is 2.75. The summed E-state index contributed by atoms with van der Waals surface area (Å²) in [5, 5.41) is 23.9. The van der Waals surface area contributed by atoms with Crippen LogP contribution in [-0.4, -0.2) is 65.6 Å². The summed E-state index contributed by atoms with van der Waals surface area (Å²) in [6, 6.07) is 4.60. The summed E-state index contributed by atoms with van der Waals surface area (Å²) in [4.78, 5) is 63.0. The van der Waals surface area contributed by atoms with Crippen molar-refractivity contribution in [2.45, 2.75) is 39.7 Å². The third kappa shape index (κ3) is 5.43. The molecule has 1 atom stereocenters. The van der Waals surface area contributed by atoms with Gasteiger partial charge in [-0.25, -0.2) is 9.59 Å². The van der Waals surface area contributed by atoms with E-state index in [1.54, 1.807) is 13.8 Å². The number of hydrogen-bond acceptors (Lipinski definition) is 9. The van der Waals surface area contributed by atoms with Crippen LogP contribution in [0.4, 0.5) is 5.69 Å². The number of carboxylic acid groups (broad SMARTS) is 1. The van der Waals surface area contributed by atoms with Crippen LogP contribution in [0.25, 0.3) is 0 Å². The van der Waals surface area contributed by atoms with Gasteiger partial charge in [0.2, 0.25) is 5.91 Å². The normalized spacial score (nSPS) is 15.1. The number of aliphatic carboxylic acids is 1. The zero-order valence-electron chi connectivity index (χ0n) is 20.9. The number of carboxylic acids is 1. The van der Waals surface area contributed by atoms with Crippen LogP contribution in [0.1, 0.15) is 39.2 Å². The molecular formula is C24H29N3O9. The van der Waals surface area contributed by atoms with Gasteiger partial charge in [-0.15, -0.1) is 0 Å². The van der Waals surface area contributed by atoms with Gasteiger partial charge in [0.15, 0.2) is 0 Å². The number of carbonyl (C=O) groups excluding carboxylic acids is 3. The van der Waals surface area contributed by atoms with Crippen LogP contribution in [0.2, 0.25) is 0 Å². The van der Waals surface area contributed by atoms with E-state index in [-0.39, 0.29) is 39.7 Å². The fourth-order valence-electron chi connectivity index (χ4n) is 4.27. The summed E-state index contributed by atoms with van der Waals surface area (Å²) < 4.78 is 9.85. The highest BCUT2D eigenvalue weighted by Crippen LogP contribution is 2.45. The van der Waals surface area contributed by atoms with E-state index in [0.717, 1.165) is 19.1 Å². The van der Waals surface area contributed by atoms with Gasteiger partial charge >= 0.3 is 17.9 Å². The van der Waals surface area contributed by atoms with Gasteiger partial charge in [0.25, 0.3) is 5.69 Å². The van der Waals surface area contributed by atoms with Crippen LogP contribution in [0, 0.1) is 16.0 Å². The molecule has 0 fully saturated rings. The van der Waals surface area contributed by atoms with E-state index in [0.29, 0.717) is 0 Å². The van der Waals surface area contributed by atoms with E-state index >= 15 is 0 Å². The molecule has 12 heteroatoms. The number of methoxy groups -OCH3 is 2. The highest BCUT2D eigenvalue weighted by Gasteiger charge is 2.44. The van der Waals surface area contributed by atoms with E-state index in [1.165, 1.54) is 38.1 Å². The molecule has 12 nitrogen and oxygen atoms in total. The number of nitro groups is 1. The van der Waals surface area contributed by atoms with E-state index < -0.39 is 47.2 Å². The predicted octanol–water partition coefficient (Wildman–Crippen LogP) is 2.11. The number of allylic oxidation sites excluding steroid dienone is 2. The Bertz CT molecular complexity index is 1110. The van der Waals surface area contributed by atoms with Gasteiger partial charge in [-0.3, -0.25) is 29.9 Å². The third-order valence-corrected chi connectivity index (χ3v) is 5.94. The van der Waals surface area contributed by atoms with Crippen molar-refractivity contribution in [1.29, 1.82) is 0 Å². The smallest absolute Gasteiger partial charge is 0.336 e. The Morgan fingerprint density at radius 2 is 1.56 bits per heavy atom. The Labute approximate surface area is 207 Å². The molecule has 1 aromatic rings. The zero-order valence-corrected chi connectivity index (χ0v) is 20.9. The van der Waals surface area contributed by atoms with Gasteiger partial charge in [0.05, 0.1) is 42.8 Å². The second-order valence-corrected chi connectivity index (χ2v) is 8.40. The van der Waals surface area contributed by atoms with Crippen LogP contribution < -0.4 is 5.32 Å². The first-order valence-corrected chi connectivity index (χ1v) is 11.0. The summed E-state index contributed by atoms with van der Waals surface area (Å²) in [7, 11) is 2.21. The summed E-state index contributed by atoms with van der Waals surface area (Å²) in [6.45, 7) is 5.81. The first kappa shape index (κ1) is 28.2. The molecule has 2 rings (SSSR count). The lowest BCUT2D eigenvalue weighted by molar-refractivity contribution is -0.385. The number of nitrogens with zero attached hydrogens (tertiary/aromatic N) is 2. The molecule has 0 aromatic heterocycles. The van der Waals surface area contributed by atoms with Crippen LogP contribution in [0.15, 0.2) is 46.8 Å². The lowest BCUT2D eigenvalue weighted by atomic mass is 9.79. The molecule has 0 bridgehead atoms. The SMILES string of the molecule is COC(=O)C1=C(C)N(C(=O)CN[C@@H](C(=O)O)C(C)C)C(C)=C(C(=O)OC)C1c1ccccc1[N+](=O)[O-]. The number of esters is 2. The third-order valence-electron chi connectivity index (χ3n) is 5.94. The largest absolute Gasteiger partial charge is 0.480 e. The number of amides is 1. The summed E-state index contributed by atoms with van der Waals surface area (Å²) in [5.41, 5.74) is -0.460. The first-order valence-electron chi connectivity index (χ1n) is 11.0. The van der Waals surface area contributed by atoms with Crippen LogP contribution >= 0.6 is 0 Å². The van der Waals surface area contributed by atoms with Crippen LogP contribution in [0.3, 0.4) is 0 Å². The minimum atomic E-state index is -1.26. The Morgan fingerprint density at radius 1 is 1.06 bits per heavy atom. The summed E-state index contributed by atoms with van der Waals surface area (Å²) in [6.07, 6.45) is 0. The lowest BCUT2D eigenvalue weighted by Gasteiger charge is -2.36. The average molecular weight is 504 g/mol. The number of benzene rings is 1. The van der Waals surface area contributed by atoms with Crippen molar-refractivity contribution >= 4 is 29.5 Å². The Kier molecular flexibility index (Phi) is 9.06. The average Bonchev–Trinajstić information content (AvgIpc) is 2.82. The zero-order chi connectivity index (χ0) is 27.3. The van der Waals surface area contributed by atoms with E-state index in [9.17, 15) is 34.4 Å². The molecule has 1 heterocycles. The van der Waals surface area contributed by atoms with Gasteiger partial charge < -0.3 is 14.6 Å². The predicted molar refractivity (Wildman–Crippen MR) is 126 cm³/mol. The molecule has 1 aliphatic heterocycles. The molecule has 1 amide bonds. The van der Waals surface area contributed by atoms with Crippen molar-refractivity contribution in [2.24, 2.45) is 5.92 Å². The molecule has 36 heavy (non-hydrogen) atoms.